The summed E-state index contributed by atoms with van der Waals surface area (Å²) in [6, 6.07) is 0. The first-order chi connectivity index (χ1) is 10.7. The smallest absolute Gasteiger partial charge is 0.0866 e. The van der Waals surface area contributed by atoms with Gasteiger partial charge < -0.3 is 14.6 Å². The molecule has 12 heteroatoms. The molecule has 3 atom stereocenters. The molecular weight excluding hydrogens is 294 g/mol. The highest BCUT2D eigenvalue weighted by atomic mass is 16.6. The Kier molecular flexibility index (Phi) is 12.4. The molecule has 22 heavy (non-hydrogen) atoms. The Hall–Kier alpha value is -2.19. The third-order valence-electron chi connectivity index (χ3n) is 2.43. The van der Waals surface area contributed by atoms with Crippen molar-refractivity contribution in [1.29, 1.82) is 0 Å². The maximum Gasteiger partial charge on any atom is 0.0866 e. The first kappa shape index (κ1) is 19.8. The molecule has 0 radical (unpaired) electrons. The zero-order valence-corrected chi connectivity index (χ0v) is 12.3. The molecule has 3 unspecified atom stereocenters. The fourth-order valence-corrected chi connectivity index (χ4v) is 1.16. The van der Waals surface area contributed by atoms with E-state index in [0.717, 1.165) is 6.61 Å². The lowest BCUT2D eigenvalue weighted by atomic mass is 10.3. The predicted molar refractivity (Wildman–Crippen MR) is 77.8 cm³/mol. The number of azide groups is 3. The highest BCUT2D eigenvalue weighted by Crippen LogP contribution is 2.07. The van der Waals surface area contributed by atoms with Gasteiger partial charge >= 0.3 is 0 Å². The molecule has 0 aliphatic carbocycles. The van der Waals surface area contributed by atoms with Crippen LogP contribution in [-0.2, 0) is 9.47 Å². The summed E-state index contributed by atoms with van der Waals surface area (Å²) < 4.78 is 10.00. The number of ether oxygens (including phenoxy) is 2. The van der Waals surface area contributed by atoms with Gasteiger partial charge in [-0.1, -0.05) is 22.3 Å². The first-order valence-corrected chi connectivity index (χ1v) is 6.61. The Morgan fingerprint density at radius 1 is 1.18 bits per heavy atom. The number of hydrogen-bond acceptors (Lipinski definition) is 6. The lowest BCUT2D eigenvalue weighted by Gasteiger charge is -2.15. The highest BCUT2D eigenvalue weighted by Gasteiger charge is 2.20. The van der Waals surface area contributed by atoms with Crippen molar-refractivity contribution in [3.63, 3.8) is 0 Å². The Bertz CT molecular complexity index is 437. The molecular formula is C10H19N9O3. The number of nitrogens with zero attached hydrogens (tertiary/aromatic N) is 9. The van der Waals surface area contributed by atoms with Crippen LogP contribution in [0.15, 0.2) is 15.3 Å². The molecule has 1 N–H and O–H groups in total. The van der Waals surface area contributed by atoms with Gasteiger partial charge in [0.25, 0.3) is 0 Å². The third kappa shape index (κ3) is 12.8. The van der Waals surface area contributed by atoms with E-state index in [1.165, 1.54) is 0 Å². The number of hydrogen-bond donors (Lipinski definition) is 1. The average Bonchev–Trinajstić information content (AvgIpc) is 3.36. The van der Waals surface area contributed by atoms with Crippen molar-refractivity contribution in [1.82, 2.24) is 0 Å². The summed E-state index contributed by atoms with van der Waals surface area (Å²) in [5.41, 5.74) is 23.9. The molecule has 1 saturated heterocycles. The molecule has 0 amide bonds. The molecule has 0 saturated carbocycles. The minimum absolute atomic E-state index is 0.0194. The predicted octanol–water partition coefficient (Wildman–Crippen LogP) is 2.46. The van der Waals surface area contributed by atoms with Crippen LogP contribution in [0.5, 0.6) is 0 Å². The molecule has 1 fully saturated rings. The van der Waals surface area contributed by atoms with E-state index in [9.17, 15) is 5.11 Å². The van der Waals surface area contributed by atoms with E-state index in [4.69, 9.17) is 26.1 Å². The van der Waals surface area contributed by atoms with Crippen LogP contribution in [0.3, 0.4) is 0 Å². The maximum atomic E-state index is 9.26. The SMILES string of the molecule is CCC(CN=[N+]=[N-])OCC(O)CN=[N+]=[N-].[N-]=[N+]=NCC1CO1. The largest absolute Gasteiger partial charge is 0.391 e. The first-order valence-electron chi connectivity index (χ1n) is 6.61. The van der Waals surface area contributed by atoms with Gasteiger partial charge in [0.15, 0.2) is 0 Å². The van der Waals surface area contributed by atoms with Crippen molar-refractivity contribution in [2.24, 2.45) is 15.3 Å². The molecule has 12 nitrogen and oxygen atoms in total. The quantitative estimate of drug-likeness (QED) is 0.281. The van der Waals surface area contributed by atoms with Gasteiger partial charge in [-0.15, -0.1) is 0 Å². The summed E-state index contributed by atoms with van der Waals surface area (Å²) in [6.07, 6.45) is -0.105. The number of epoxide rings is 1. The fourth-order valence-electron chi connectivity index (χ4n) is 1.16. The molecule has 0 bridgehead atoms. The van der Waals surface area contributed by atoms with E-state index in [1.54, 1.807) is 0 Å². The van der Waals surface area contributed by atoms with Crippen LogP contribution in [0.25, 0.3) is 31.3 Å². The number of rotatable bonds is 10. The van der Waals surface area contributed by atoms with E-state index in [1.807, 2.05) is 6.92 Å². The second kappa shape index (κ2) is 13.8. The molecule has 0 spiro atoms. The summed E-state index contributed by atoms with van der Waals surface area (Å²) in [6.45, 7) is 3.43. The van der Waals surface area contributed by atoms with Crippen LogP contribution in [-0.4, -0.2) is 56.3 Å². The number of aliphatic hydroxyl groups is 1. The van der Waals surface area contributed by atoms with Crippen LogP contribution in [0.1, 0.15) is 13.3 Å². The summed E-state index contributed by atoms with van der Waals surface area (Å²) in [5.74, 6) is 0. The Morgan fingerprint density at radius 3 is 2.27 bits per heavy atom. The van der Waals surface area contributed by atoms with Crippen LogP contribution in [0, 0.1) is 0 Å². The van der Waals surface area contributed by atoms with Crippen LogP contribution < -0.4 is 0 Å². The second-order valence-electron chi connectivity index (χ2n) is 4.21. The zero-order chi connectivity index (χ0) is 16.6. The van der Waals surface area contributed by atoms with Gasteiger partial charge in [0, 0.05) is 14.7 Å². The molecule has 1 rings (SSSR count). The summed E-state index contributed by atoms with van der Waals surface area (Å²) in [5, 5.41) is 19.1. The van der Waals surface area contributed by atoms with Crippen molar-refractivity contribution < 1.29 is 14.6 Å². The van der Waals surface area contributed by atoms with E-state index >= 15 is 0 Å². The van der Waals surface area contributed by atoms with Crippen molar-refractivity contribution in [3.8, 4) is 0 Å². The normalized spacial score (nSPS) is 17.5. The van der Waals surface area contributed by atoms with Crippen LogP contribution in [0.2, 0.25) is 0 Å². The van der Waals surface area contributed by atoms with Crippen molar-refractivity contribution in [2.75, 3.05) is 32.8 Å². The standard InChI is InChI=1S/C7H14N6O2.C3H5N3O/c1-2-7(4-11-13-9)15-5-6(14)3-10-12-8;4-6-5-1-3-2-7-3/h6-7,14H,2-5H2,1H3;3H,1-2H2. The topological polar surface area (TPSA) is 188 Å². The van der Waals surface area contributed by atoms with E-state index in [0.29, 0.717) is 13.0 Å². The molecule has 1 aliphatic rings. The summed E-state index contributed by atoms with van der Waals surface area (Å²) in [4.78, 5) is 7.69. The van der Waals surface area contributed by atoms with E-state index < -0.39 is 6.10 Å². The van der Waals surface area contributed by atoms with Crippen LogP contribution >= 0.6 is 0 Å². The number of aliphatic hydroxyl groups excluding tert-OH is 1. The Labute approximate surface area is 126 Å². The fraction of sp³-hybridized carbons (Fsp3) is 1.00. The maximum absolute atomic E-state index is 9.26. The van der Waals surface area contributed by atoms with Gasteiger partial charge in [0.05, 0.1) is 51.2 Å². The minimum atomic E-state index is -0.819. The molecule has 0 aromatic carbocycles. The van der Waals surface area contributed by atoms with Crippen LogP contribution in [0.4, 0.5) is 0 Å². The monoisotopic (exact) mass is 313 g/mol. The molecule has 1 aliphatic heterocycles. The van der Waals surface area contributed by atoms with Gasteiger partial charge in [0.1, 0.15) is 0 Å². The van der Waals surface area contributed by atoms with Gasteiger partial charge in [0.2, 0.25) is 0 Å². The van der Waals surface area contributed by atoms with Crippen molar-refractivity contribution in [2.45, 2.75) is 31.7 Å². The van der Waals surface area contributed by atoms with Crippen molar-refractivity contribution in [3.05, 3.63) is 31.3 Å². The molecule has 122 valence electrons. The highest BCUT2D eigenvalue weighted by molar-refractivity contribution is 4.71. The molecule has 0 aromatic rings. The van der Waals surface area contributed by atoms with Gasteiger partial charge in [-0.3, -0.25) is 0 Å². The lowest BCUT2D eigenvalue weighted by molar-refractivity contribution is -0.00321. The third-order valence-corrected chi connectivity index (χ3v) is 2.43. The van der Waals surface area contributed by atoms with E-state index in [2.05, 4.69) is 30.1 Å². The zero-order valence-electron chi connectivity index (χ0n) is 12.3. The Balaban J connectivity index is 0.000000518. The molecule has 0 aromatic heterocycles. The summed E-state index contributed by atoms with van der Waals surface area (Å²) >= 11 is 0. The second-order valence-corrected chi connectivity index (χ2v) is 4.21. The average molecular weight is 313 g/mol. The minimum Gasteiger partial charge on any atom is -0.391 e. The molecule has 1 heterocycles. The van der Waals surface area contributed by atoms with Gasteiger partial charge in [-0.25, -0.2) is 0 Å². The lowest BCUT2D eigenvalue weighted by Crippen LogP contribution is -2.24. The summed E-state index contributed by atoms with van der Waals surface area (Å²) in [7, 11) is 0. The van der Waals surface area contributed by atoms with Crippen molar-refractivity contribution >= 4 is 0 Å². The van der Waals surface area contributed by atoms with E-state index in [-0.39, 0.29) is 31.9 Å². The van der Waals surface area contributed by atoms with Gasteiger partial charge in [-0.05, 0) is 23.0 Å². The Morgan fingerprint density at radius 2 is 1.77 bits per heavy atom. The van der Waals surface area contributed by atoms with Gasteiger partial charge in [-0.2, -0.15) is 0 Å².